The fourth-order valence-electron chi connectivity index (χ4n) is 7.45. The molecule has 3 aliphatic rings. The van der Waals surface area contributed by atoms with E-state index in [1.54, 1.807) is 0 Å². The van der Waals surface area contributed by atoms with E-state index >= 15 is 0 Å². The Morgan fingerprint density at radius 3 is 1.61 bits per heavy atom. The molecule has 0 aromatic heterocycles. The molecule has 1 heterocycles. The molecule has 2 amide bonds. The Balaban J connectivity index is 1.97. The number of imide groups is 1. The van der Waals surface area contributed by atoms with Crippen LogP contribution in [0.1, 0.15) is 155 Å². The van der Waals surface area contributed by atoms with Crippen LogP contribution in [-0.2, 0) is 4.79 Å². The Bertz CT molecular complexity index is 637. The number of rotatable bonds is 5. The molecular formula is C29H51NO2S. The summed E-state index contributed by atoms with van der Waals surface area (Å²) in [5, 5.41) is 2.49. The third-order valence-corrected chi connectivity index (χ3v) is 10.2. The molecule has 33 heavy (non-hydrogen) atoms. The first-order valence-corrected chi connectivity index (χ1v) is 15.3. The van der Waals surface area contributed by atoms with Crippen LogP contribution in [-0.4, -0.2) is 15.9 Å². The summed E-state index contributed by atoms with van der Waals surface area (Å²) < 4.78 is -0.592. The van der Waals surface area contributed by atoms with Gasteiger partial charge in [0, 0.05) is 0 Å². The van der Waals surface area contributed by atoms with Gasteiger partial charge in [-0.2, -0.15) is 0 Å². The van der Waals surface area contributed by atoms with E-state index in [0.717, 1.165) is 6.42 Å². The van der Waals surface area contributed by atoms with Crippen molar-refractivity contribution in [1.29, 1.82) is 0 Å². The quantitative estimate of drug-likeness (QED) is 0.429. The van der Waals surface area contributed by atoms with E-state index in [1.165, 1.54) is 147 Å². The molecule has 1 N–H and O–H groups in total. The summed E-state index contributed by atoms with van der Waals surface area (Å²) in [5.41, 5.74) is 0.626. The molecule has 190 valence electrons. The predicted molar refractivity (Wildman–Crippen MR) is 142 cm³/mol. The molecule has 1 aliphatic heterocycles. The fourth-order valence-corrected chi connectivity index (χ4v) is 8.53. The maximum absolute atomic E-state index is 12.9. The van der Waals surface area contributed by atoms with Gasteiger partial charge >= 0.3 is 0 Å². The first-order valence-electron chi connectivity index (χ1n) is 14.5. The number of carbonyl (C=O) groups excluding carboxylic acids is 2. The molecule has 3 unspecified atom stereocenters. The number of thioether (sulfide) groups is 1. The van der Waals surface area contributed by atoms with Gasteiger partial charge in [-0.1, -0.05) is 103 Å². The highest BCUT2D eigenvalue weighted by Crippen LogP contribution is 2.55. The third kappa shape index (κ3) is 8.00. The lowest BCUT2D eigenvalue weighted by Gasteiger charge is -2.47. The van der Waals surface area contributed by atoms with E-state index in [1.807, 2.05) is 0 Å². The highest BCUT2D eigenvalue weighted by molar-refractivity contribution is 8.16. The molecule has 1 saturated heterocycles. The van der Waals surface area contributed by atoms with E-state index in [9.17, 15) is 9.59 Å². The van der Waals surface area contributed by atoms with Crippen molar-refractivity contribution in [3.8, 4) is 0 Å². The number of hydrogen-bond acceptors (Lipinski definition) is 3. The highest BCUT2D eigenvalue weighted by Gasteiger charge is 2.51. The standard InChI is InChI=1S/C29H51NO2S/c1-3-4-18-28-19-14-10-6-5-7-12-16-21-29(24-28,22-17-13-9-8-11-15-20-28)23-27(2)25(31)30-26(32)33-27/h3-24H2,1-2H3,(H,30,31,32). The van der Waals surface area contributed by atoms with Crippen LogP contribution in [0.5, 0.6) is 0 Å². The van der Waals surface area contributed by atoms with Crippen molar-refractivity contribution in [1.82, 2.24) is 5.32 Å². The molecule has 0 radical (unpaired) electrons. The largest absolute Gasteiger partial charge is 0.286 e. The molecule has 3 rings (SSSR count). The van der Waals surface area contributed by atoms with Crippen LogP contribution >= 0.6 is 11.8 Å². The van der Waals surface area contributed by atoms with Crippen molar-refractivity contribution in [2.75, 3.05) is 0 Å². The Morgan fingerprint density at radius 1 is 0.727 bits per heavy atom. The van der Waals surface area contributed by atoms with E-state index in [0.29, 0.717) is 5.41 Å². The molecule has 3 atom stereocenters. The summed E-state index contributed by atoms with van der Waals surface area (Å²) in [6.07, 6.45) is 29.1. The minimum absolute atomic E-state index is 0.0357. The summed E-state index contributed by atoms with van der Waals surface area (Å²) >= 11 is 1.28. The van der Waals surface area contributed by atoms with Crippen LogP contribution < -0.4 is 5.32 Å². The highest BCUT2D eigenvalue weighted by atomic mass is 32.2. The van der Waals surface area contributed by atoms with Crippen LogP contribution in [0, 0.1) is 10.8 Å². The fraction of sp³-hybridized carbons (Fsp3) is 0.931. The van der Waals surface area contributed by atoms with E-state index in [4.69, 9.17) is 0 Å². The second-order valence-electron chi connectivity index (χ2n) is 12.1. The van der Waals surface area contributed by atoms with Gasteiger partial charge in [0.15, 0.2) is 0 Å². The van der Waals surface area contributed by atoms with Crippen molar-refractivity contribution in [2.24, 2.45) is 10.8 Å². The minimum atomic E-state index is -0.592. The summed E-state index contributed by atoms with van der Waals surface area (Å²) in [6, 6.07) is 0. The number of amides is 2. The number of nitrogens with one attached hydrogen (secondary N) is 1. The van der Waals surface area contributed by atoms with Gasteiger partial charge in [-0.05, 0) is 74.5 Å². The summed E-state index contributed by atoms with van der Waals surface area (Å²) in [4.78, 5) is 25.1. The average Bonchev–Trinajstić information content (AvgIpc) is 3.00. The van der Waals surface area contributed by atoms with Crippen molar-refractivity contribution in [3.63, 3.8) is 0 Å². The first-order chi connectivity index (χ1) is 15.9. The Kier molecular flexibility index (Phi) is 10.7. The van der Waals surface area contributed by atoms with Gasteiger partial charge in [0.2, 0.25) is 5.91 Å². The van der Waals surface area contributed by atoms with E-state index in [2.05, 4.69) is 19.2 Å². The maximum atomic E-state index is 12.9. The first kappa shape index (κ1) is 27.1. The molecule has 0 aromatic rings. The normalized spacial score (nSPS) is 35.7. The third-order valence-electron chi connectivity index (χ3n) is 9.12. The smallest absolute Gasteiger partial charge is 0.286 e. The summed E-state index contributed by atoms with van der Waals surface area (Å²) in [7, 11) is 0. The number of fused-ring (bicyclic) bond motifs is 2. The van der Waals surface area contributed by atoms with Gasteiger partial charge in [0.1, 0.15) is 4.75 Å². The zero-order valence-corrected chi connectivity index (χ0v) is 22.6. The Labute approximate surface area is 208 Å². The van der Waals surface area contributed by atoms with Crippen LogP contribution in [0.15, 0.2) is 0 Å². The van der Waals surface area contributed by atoms with Crippen LogP contribution in [0.3, 0.4) is 0 Å². The number of carbonyl (C=O) groups is 2. The lowest BCUT2D eigenvalue weighted by atomic mass is 9.59. The monoisotopic (exact) mass is 477 g/mol. The van der Waals surface area contributed by atoms with Crippen LogP contribution in [0.25, 0.3) is 0 Å². The average molecular weight is 478 g/mol. The molecule has 3 fully saturated rings. The maximum Gasteiger partial charge on any atom is 0.286 e. The lowest BCUT2D eigenvalue weighted by molar-refractivity contribution is -0.122. The Hall–Kier alpha value is -0.510. The van der Waals surface area contributed by atoms with Crippen molar-refractivity contribution < 1.29 is 9.59 Å². The van der Waals surface area contributed by atoms with Gasteiger partial charge in [0.05, 0.1) is 0 Å². The minimum Gasteiger partial charge on any atom is -0.286 e. The molecular weight excluding hydrogens is 426 g/mol. The molecule has 4 heteroatoms. The molecule has 3 nitrogen and oxygen atoms in total. The molecule has 2 saturated carbocycles. The SMILES string of the molecule is CCCCC12CCCCCCCCCC(CC3(C)SC(=O)NC3=O)(CCCCCCCC1)C2. The second-order valence-corrected chi connectivity index (χ2v) is 13.6. The van der Waals surface area contributed by atoms with Gasteiger partial charge < -0.3 is 0 Å². The van der Waals surface area contributed by atoms with Gasteiger partial charge in [0.25, 0.3) is 5.24 Å². The molecule has 2 bridgehead atoms. The second kappa shape index (κ2) is 13.0. The predicted octanol–water partition coefficient (Wildman–Crippen LogP) is 9.33. The summed E-state index contributed by atoms with van der Waals surface area (Å²) in [5.74, 6) is -0.0357. The topological polar surface area (TPSA) is 46.2 Å². The van der Waals surface area contributed by atoms with Gasteiger partial charge in [-0.15, -0.1) is 0 Å². The van der Waals surface area contributed by atoms with Gasteiger partial charge in [-0.3, -0.25) is 14.9 Å². The Morgan fingerprint density at radius 2 is 1.18 bits per heavy atom. The zero-order chi connectivity index (χ0) is 23.6. The van der Waals surface area contributed by atoms with Crippen LogP contribution in [0.2, 0.25) is 0 Å². The van der Waals surface area contributed by atoms with Crippen molar-refractivity contribution in [2.45, 2.75) is 160 Å². The lowest BCUT2D eigenvalue weighted by Crippen LogP contribution is -2.42. The molecule has 0 spiro atoms. The van der Waals surface area contributed by atoms with Crippen molar-refractivity contribution in [3.05, 3.63) is 0 Å². The van der Waals surface area contributed by atoms with Crippen LogP contribution in [0.4, 0.5) is 4.79 Å². The number of unbranched alkanes of at least 4 members (excludes halogenated alkanes) is 1. The van der Waals surface area contributed by atoms with E-state index in [-0.39, 0.29) is 16.6 Å². The molecule has 2 aliphatic carbocycles. The summed E-state index contributed by atoms with van der Waals surface area (Å²) in [6.45, 7) is 4.40. The number of hydrogen-bond donors (Lipinski definition) is 1. The van der Waals surface area contributed by atoms with Gasteiger partial charge in [-0.25, -0.2) is 0 Å². The zero-order valence-electron chi connectivity index (χ0n) is 21.8. The van der Waals surface area contributed by atoms with Crippen molar-refractivity contribution >= 4 is 22.9 Å². The van der Waals surface area contributed by atoms with E-state index < -0.39 is 4.75 Å². The molecule has 0 aromatic carbocycles.